The van der Waals surface area contributed by atoms with Gasteiger partial charge in [0, 0.05) is 10.0 Å². The van der Waals surface area contributed by atoms with Crippen LogP contribution in [0, 0.1) is 0 Å². The Hall–Kier alpha value is 0.01000. The van der Waals surface area contributed by atoms with Gasteiger partial charge in [0.25, 0.3) is 0 Å². The van der Waals surface area contributed by atoms with Crippen LogP contribution in [0.15, 0.2) is 18.2 Å². The molecule has 0 aromatic heterocycles. The highest BCUT2D eigenvalue weighted by Crippen LogP contribution is 2.22. The Balaban J connectivity index is 0.00000144. The third kappa shape index (κ3) is 3.71. The van der Waals surface area contributed by atoms with E-state index in [1.807, 2.05) is 0 Å². The topological polar surface area (TPSA) is 46.2 Å². The van der Waals surface area contributed by atoms with Crippen molar-refractivity contribution in [2.75, 3.05) is 6.61 Å². The Labute approximate surface area is 93.1 Å². The van der Waals surface area contributed by atoms with Crippen molar-refractivity contribution in [1.29, 1.82) is 0 Å². The molecule has 0 bridgehead atoms. The normalized spacial score (nSPS) is 12.0. The van der Waals surface area contributed by atoms with E-state index in [0.29, 0.717) is 10.0 Å². The first-order valence-electron chi connectivity index (χ1n) is 3.46. The largest absolute Gasteiger partial charge is 0.394 e. The van der Waals surface area contributed by atoms with Crippen molar-refractivity contribution in [1.82, 2.24) is 0 Å². The maximum Gasteiger partial charge on any atom is 0.0624 e. The van der Waals surface area contributed by atoms with Gasteiger partial charge in [-0.3, -0.25) is 0 Å². The Kier molecular flexibility index (Phi) is 5.68. The summed E-state index contributed by atoms with van der Waals surface area (Å²) in [6.45, 7) is -0.114. The van der Waals surface area contributed by atoms with E-state index in [-0.39, 0.29) is 19.0 Å². The summed E-state index contributed by atoms with van der Waals surface area (Å²) in [4.78, 5) is 0. The molecule has 0 aliphatic heterocycles. The minimum absolute atomic E-state index is 0. The van der Waals surface area contributed by atoms with Crippen LogP contribution in [-0.4, -0.2) is 11.7 Å². The van der Waals surface area contributed by atoms with Crippen LogP contribution in [0.2, 0.25) is 10.0 Å². The third-order valence-electron chi connectivity index (χ3n) is 1.51. The number of hydrogen-bond acceptors (Lipinski definition) is 2. The summed E-state index contributed by atoms with van der Waals surface area (Å²) in [5.41, 5.74) is 6.31. The fourth-order valence-corrected chi connectivity index (χ4v) is 1.44. The van der Waals surface area contributed by atoms with Crippen LogP contribution in [0.5, 0.6) is 0 Å². The predicted octanol–water partition coefficient (Wildman–Crippen LogP) is 2.41. The van der Waals surface area contributed by atoms with Gasteiger partial charge >= 0.3 is 0 Å². The van der Waals surface area contributed by atoms with Crippen molar-refractivity contribution >= 4 is 35.6 Å². The van der Waals surface area contributed by atoms with Crippen LogP contribution in [-0.2, 0) is 0 Å². The highest BCUT2D eigenvalue weighted by atomic mass is 35.5. The first-order valence-corrected chi connectivity index (χ1v) is 4.21. The molecule has 1 unspecified atom stereocenters. The molecular formula is C8H10Cl3NO. The highest BCUT2D eigenvalue weighted by molar-refractivity contribution is 6.34. The molecule has 0 fully saturated rings. The standard InChI is InChI=1S/C8H9Cl2NO.ClH/c9-6-1-5(8(11)4-12)2-7(10)3-6;/h1-3,8,12H,4,11H2;1H. The van der Waals surface area contributed by atoms with E-state index in [1.165, 1.54) is 0 Å². The minimum atomic E-state index is -0.416. The second kappa shape index (κ2) is 5.68. The lowest BCUT2D eigenvalue weighted by Gasteiger charge is -2.08. The van der Waals surface area contributed by atoms with Gasteiger partial charge in [0.05, 0.1) is 12.6 Å². The smallest absolute Gasteiger partial charge is 0.0624 e. The quantitative estimate of drug-likeness (QED) is 0.837. The molecule has 1 atom stereocenters. The average molecular weight is 243 g/mol. The maximum atomic E-state index is 8.76. The molecule has 2 nitrogen and oxygen atoms in total. The van der Waals surface area contributed by atoms with Crippen LogP contribution >= 0.6 is 35.6 Å². The molecule has 1 rings (SSSR count). The number of aliphatic hydroxyl groups excluding tert-OH is 1. The van der Waals surface area contributed by atoms with Crippen molar-refractivity contribution in [2.45, 2.75) is 6.04 Å². The maximum absolute atomic E-state index is 8.76. The molecule has 0 radical (unpaired) electrons. The second-order valence-electron chi connectivity index (χ2n) is 2.49. The summed E-state index contributed by atoms with van der Waals surface area (Å²) in [6, 6.07) is 4.58. The van der Waals surface area contributed by atoms with Crippen LogP contribution in [0.3, 0.4) is 0 Å². The fourth-order valence-electron chi connectivity index (χ4n) is 0.895. The molecule has 0 heterocycles. The van der Waals surface area contributed by atoms with Gasteiger partial charge in [-0.1, -0.05) is 23.2 Å². The Bertz CT molecular complexity index is 260. The molecule has 1 aromatic carbocycles. The van der Waals surface area contributed by atoms with E-state index in [1.54, 1.807) is 18.2 Å². The molecule has 13 heavy (non-hydrogen) atoms. The Morgan fingerprint density at radius 2 is 1.69 bits per heavy atom. The van der Waals surface area contributed by atoms with Crippen molar-refractivity contribution in [3.8, 4) is 0 Å². The van der Waals surface area contributed by atoms with E-state index >= 15 is 0 Å². The zero-order chi connectivity index (χ0) is 9.14. The van der Waals surface area contributed by atoms with Crippen LogP contribution in [0.25, 0.3) is 0 Å². The van der Waals surface area contributed by atoms with Crippen molar-refractivity contribution < 1.29 is 5.11 Å². The van der Waals surface area contributed by atoms with Crippen LogP contribution in [0.1, 0.15) is 11.6 Å². The number of benzene rings is 1. The Morgan fingerprint density at radius 3 is 2.08 bits per heavy atom. The fraction of sp³-hybridized carbons (Fsp3) is 0.250. The summed E-state index contributed by atoms with van der Waals surface area (Å²) in [7, 11) is 0. The molecule has 0 amide bonds. The summed E-state index contributed by atoms with van der Waals surface area (Å²) in [5, 5.41) is 9.82. The lowest BCUT2D eigenvalue weighted by molar-refractivity contribution is 0.268. The number of nitrogens with two attached hydrogens (primary N) is 1. The minimum Gasteiger partial charge on any atom is -0.394 e. The van der Waals surface area contributed by atoms with Crippen molar-refractivity contribution in [3.63, 3.8) is 0 Å². The zero-order valence-corrected chi connectivity index (χ0v) is 9.03. The zero-order valence-electron chi connectivity index (χ0n) is 6.71. The molecule has 0 saturated carbocycles. The molecule has 3 N–H and O–H groups in total. The first-order chi connectivity index (χ1) is 5.63. The molecule has 0 aliphatic carbocycles. The first kappa shape index (κ1) is 13.0. The molecular weight excluding hydrogens is 232 g/mol. The molecule has 0 aliphatic rings. The summed E-state index contributed by atoms with van der Waals surface area (Å²) in [6.07, 6.45) is 0. The Morgan fingerprint density at radius 1 is 1.23 bits per heavy atom. The lowest BCUT2D eigenvalue weighted by atomic mass is 10.1. The van der Waals surface area contributed by atoms with Gasteiger partial charge in [-0.2, -0.15) is 0 Å². The van der Waals surface area contributed by atoms with E-state index in [4.69, 9.17) is 34.0 Å². The third-order valence-corrected chi connectivity index (χ3v) is 1.95. The summed E-state index contributed by atoms with van der Waals surface area (Å²) < 4.78 is 0. The average Bonchev–Trinajstić information content (AvgIpc) is 2.01. The highest BCUT2D eigenvalue weighted by Gasteiger charge is 2.05. The summed E-state index contributed by atoms with van der Waals surface area (Å²) in [5.74, 6) is 0. The van der Waals surface area contributed by atoms with E-state index < -0.39 is 6.04 Å². The molecule has 1 aromatic rings. The van der Waals surface area contributed by atoms with Gasteiger partial charge < -0.3 is 10.8 Å². The van der Waals surface area contributed by atoms with Crippen LogP contribution in [0.4, 0.5) is 0 Å². The predicted molar refractivity (Wildman–Crippen MR) is 57.7 cm³/mol. The molecule has 0 saturated heterocycles. The molecule has 74 valence electrons. The SMILES string of the molecule is Cl.NC(CO)c1cc(Cl)cc(Cl)c1. The molecule has 5 heteroatoms. The monoisotopic (exact) mass is 241 g/mol. The van der Waals surface area contributed by atoms with Gasteiger partial charge in [0.1, 0.15) is 0 Å². The van der Waals surface area contributed by atoms with Gasteiger partial charge in [-0.05, 0) is 23.8 Å². The van der Waals surface area contributed by atoms with E-state index in [2.05, 4.69) is 0 Å². The van der Waals surface area contributed by atoms with Gasteiger partial charge in [-0.15, -0.1) is 12.4 Å². The van der Waals surface area contributed by atoms with E-state index in [9.17, 15) is 0 Å². The number of halogens is 3. The number of hydrogen-bond donors (Lipinski definition) is 2. The van der Waals surface area contributed by atoms with Gasteiger partial charge in [0.2, 0.25) is 0 Å². The van der Waals surface area contributed by atoms with Crippen molar-refractivity contribution in [2.24, 2.45) is 5.73 Å². The summed E-state index contributed by atoms with van der Waals surface area (Å²) >= 11 is 11.5. The lowest BCUT2D eigenvalue weighted by Crippen LogP contribution is -2.14. The number of aliphatic hydroxyl groups is 1. The van der Waals surface area contributed by atoms with E-state index in [0.717, 1.165) is 5.56 Å². The molecule has 0 spiro atoms. The van der Waals surface area contributed by atoms with Crippen molar-refractivity contribution in [3.05, 3.63) is 33.8 Å². The number of rotatable bonds is 2. The van der Waals surface area contributed by atoms with Gasteiger partial charge in [0.15, 0.2) is 0 Å². The van der Waals surface area contributed by atoms with Crippen LogP contribution < -0.4 is 5.73 Å². The second-order valence-corrected chi connectivity index (χ2v) is 3.36. The van der Waals surface area contributed by atoms with Gasteiger partial charge in [-0.25, -0.2) is 0 Å².